The Labute approximate surface area is 110 Å². The number of nitrogens with zero attached hydrogens (tertiary/aromatic N) is 1. The first-order valence-corrected chi connectivity index (χ1v) is 6.04. The molecule has 0 N–H and O–H groups in total. The van der Waals surface area contributed by atoms with Crippen LogP contribution in [-0.2, 0) is 10.6 Å². The van der Waals surface area contributed by atoms with Gasteiger partial charge in [-0.1, -0.05) is 0 Å². The van der Waals surface area contributed by atoms with E-state index in [2.05, 4.69) is 20.9 Å². The Morgan fingerprint density at radius 3 is 2.76 bits per heavy atom. The SMILES string of the molecule is CCOC(=O)c1cc(Br)nc(C(F)F)c1CCl. The van der Waals surface area contributed by atoms with E-state index in [4.69, 9.17) is 16.3 Å². The fourth-order valence-corrected chi connectivity index (χ4v) is 1.97. The van der Waals surface area contributed by atoms with E-state index in [-0.39, 0.29) is 28.2 Å². The molecule has 0 aromatic carbocycles. The summed E-state index contributed by atoms with van der Waals surface area (Å²) < 4.78 is 30.4. The zero-order valence-corrected chi connectivity index (χ0v) is 11.2. The van der Waals surface area contributed by atoms with Crippen LogP contribution < -0.4 is 0 Å². The Kier molecular flexibility index (Phi) is 5.27. The van der Waals surface area contributed by atoms with Gasteiger partial charge in [-0.25, -0.2) is 18.6 Å². The zero-order valence-electron chi connectivity index (χ0n) is 8.84. The number of rotatable bonds is 4. The third-order valence-corrected chi connectivity index (χ3v) is 2.63. The van der Waals surface area contributed by atoms with Crippen LogP contribution in [0.5, 0.6) is 0 Å². The van der Waals surface area contributed by atoms with Crippen molar-refractivity contribution < 1.29 is 18.3 Å². The van der Waals surface area contributed by atoms with Crippen molar-refractivity contribution >= 4 is 33.5 Å². The Balaban J connectivity index is 3.32. The van der Waals surface area contributed by atoms with Crippen LogP contribution in [0.4, 0.5) is 8.78 Å². The molecule has 0 saturated carbocycles. The Bertz CT molecular complexity index is 429. The first-order chi connectivity index (χ1) is 8.01. The molecule has 0 saturated heterocycles. The lowest BCUT2D eigenvalue weighted by molar-refractivity contribution is 0.0524. The van der Waals surface area contributed by atoms with E-state index in [1.165, 1.54) is 6.07 Å². The molecule has 0 unspecified atom stereocenters. The first-order valence-electron chi connectivity index (χ1n) is 4.71. The van der Waals surface area contributed by atoms with Gasteiger partial charge in [-0.15, -0.1) is 11.6 Å². The van der Waals surface area contributed by atoms with Crippen LogP contribution in [0, 0.1) is 0 Å². The predicted octanol–water partition coefficient (Wildman–Crippen LogP) is 3.70. The maximum absolute atomic E-state index is 12.7. The van der Waals surface area contributed by atoms with E-state index in [0.29, 0.717) is 0 Å². The number of halogens is 4. The monoisotopic (exact) mass is 327 g/mol. The maximum atomic E-state index is 12.7. The van der Waals surface area contributed by atoms with Crippen LogP contribution in [0.2, 0.25) is 0 Å². The molecule has 0 aliphatic carbocycles. The lowest BCUT2D eigenvalue weighted by Gasteiger charge is -2.11. The van der Waals surface area contributed by atoms with Crippen LogP contribution >= 0.6 is 27.5 Å². The molecule has 17 heavy (non-hydrogen) atoms. The summed E-state index contributed by atoms with van der Waals surface area (Å²) in [6, 6.07) is 1.32. The van der Waals surface area contributed by atoms with Gasteiger partial charge in [0, 0.05) is 5.56 Å². The normalized spacial score (nSPS) is 10.7. The molecule has 3 nitrogen and oxygen atoms in total. The number of ether oxygens (including phenoxy) is 1. The molecule has 0 atom stereocenters. The average Bonchev–Trinajstić information content (AvgIpc) is 2.28. The van der Waals surface area contributed by atoms with Gasteiger partial charge in [0.15, 0.2) is 0 Å². The van der Waals surface area contributed by atoms with Crippen molar-refractivity contribution in [3.05, 3.63) is 27.5 Å². The summed E-state index contributed by atoms with van der Waals surface area (Å²) in [6.45, 7) is 1.78. The third-order valence-electron chi connectivity index (χ3n) is 1.96. The van der Waals surface area contributed by atoms with E-state index in [1.54, 1.807) is 6.92 Å². The van der Waals surface area contributed by atoms with Crippen molar-refractivity contribution in [1.29, 1.82) is 0 Å². The molecule has 0 radical (unpaired) electrons. The molecule has 1 heterocycles. The molecule has 0 amide bonds. The van der Waals surface area contributed by atoms with Gasteiger partial charge in [-0.05, 0) is 28.9 Å². The highest BCUT2D eigenvalue weighted by atomic mass is 79.9. The van der Waals surface area contributed by atoms with Crippen LogP contribution in [0.3, 0.4) is 0 Å². The number of carbonyl (C=O) groups excluding carboxylic acids is 1. The topological polar surface area (TPSA) is 39.2 Å². The minimum atomic E-state index is -2.80. The molecule has 1 aromatic heterocycles. The van der Waals surface area contributed by atoms with E-state index in [1.807, 2.05) is 0 Å². The molecule has 0 aliphatic rings. The molecule has 94 valence electrons. The van der Waals surface area contributed by atoms with Gasteiger partial charge < -0.3 is 4.74 Å². The van der Waals surface area contributed by atoms with Gasteiger partial charge >= 0.3 is 5.97 Å². The second-order valence-electron chi connectivity index (χ2n) is 3.01. The molecule has 0 bridgehead atoms. The van der Waals surface area contributed by atoms with Crippen molar-refractivity contribution in [2.24, 2.45) is 0 Å². The molecular formula is C10H9BrClF2NO2. The molecule has 0 fully saturated rings. The highest BCUT2D eigenvalue weighted by molar-refractivity contribution is 9.10. The zero-order chi connectivity index (χ0) is 13.0. The van der Waals surface area contributed by atoms with Crippen LogP contribution in [-0.4, -0.2) is 17.6 Å². The lowest BCUT2D eigenvalue weighted by Crippen LogP contribution is -2.11. The fraction of sp³-hybridized carbons (Fsp3) is 0.400. The van der Waals surface area contributed by atoms with Gasteiger partial charge in [0.25, 0.3) is 6.43 Å². The maximum Gasteiger partial charge on any atom is 0.338 e. The number of carbonyl (C=O) groups is 1. The van der Waals surface area contributed by atoms with Gasteiger partial charge in [0.2, 0.25) is 0 Å². The van der Waals surface area contributed by atoms with Crippen molar-refractivity contribution in [1.82, 2.24) is 4.98 Å². The van der Waals surface area contributed by atoms with Gasteiger partial charge in [0.1, 0.15) is 10.3 Å². The third kappa shape index (κ3) is 3.35. The molecule has 7 heteroatoms. The average molecular weight is 329 g/mol. The predicted molar refractivity (Wildman–Crippen MR) is 62.4 cm³/mol. The number of aromatic nitrogens is 1. The molecule has 0 spiro atoms. The van der Waals surface area contributed by atoms with Gasteiger partial charge in [-0.3, -0.25) is 0 Å². The van der Waals surface area contributed by atoms with Gasteiger partial charge in [-0.2, -0.15) is 0 Å². The Morgan fingerprint density at radius 2 is 2.29 bits per heavy atom. The van der Waals surface area contributed by atoms with Crippen molar-refractivity contribution in [3.63, 3.8) is 0 Å². The van der Waals surface area contributed by atoms with E-state index in [0.717, 1.165) is 0 Å². The molecule has 1 rings (SSSR count). The number of hydrogen-bond donors (Lipinski definition) is 0. The first kappa shape index (κ1) is 14.3. The number of alkyl halides is 3. The summed E-state index contributed by atoms with van der Waals surface area (Å²) in [5, 5.41) is 0. The van der Waals surface area contributed by atoms with E-state index < -0.39 is 18.1 Å². The Hall–Kier alpha value is -0.750. The summed E-state index contributed by atoms with van der Waals surface area (Å²) in [5.41, 5.74) is -0.486. The molecule has 1 aromatic rings. The van der Waals surface area contributed by atoms with Crippen molar-refractivity contribution in [3.8, 4) is 0 Å². The molecular weight excluding hydrogens is 319 g/mol. The second kappa shape index (κ2) is 6.26. The van der Waals surface area contributed by atoms with Crippen molar-refractivity contribution in [2.45, 2.75) is 19.2 Å². The van der Waals surface area contributed by atoms with E-state index >= 15 is 0 Å². The minimum Gasteiger partial charge on any atom is -0.462 e. The quantitative estimate of drug-likeness (QED) is 0.481. The summed E-state index contributed by atoms with van der Waals surface area (Å²) in [6.07, 6.45) is -2.80. The summed E-state index contributed by atoms with van der Waals surface area (Å²) in [7, 11) is 0. The second-order valence-corrected chi connectivity index (χ2v) is 4.09. The minimum absolute atomic E-state index is 0.00307. The number of hydrogen-bond acceptors (Lipinski definition) is 3. The smallest absolute Gasteiger partial charge is 0.338 e. The summed E-state index contributed by atoms with van der Waals surface area (Å²) in [4.78, 5) is 15.2. The van der Waals surface area contributed by atoms with Crippen LogP contribution in [0.15, 0.2) is 10.7 Å². The van der Waals surface area contributed by atoms with Crippen LogP contribution in [0.25, 0.3) is 0 Å². The van der Waals surface area contributed by atoms with Crippen molar-refractivity contribution in [2.75, 3.05) is 6.61 Å². The fourth-order valence-electron chi connectivity index (χ4n) is 1.27. The molecule has 0 aliphatic heterocycles. The largest absolute Gasteiger partial charge is 0.462 e. The summed E-state index contributed by atoms with van der Waals surface area (Å²) in [5.74, 6) is -0.915. The van der Waals surface area contributed by atoms with E-state index in [9.17, 15) is 13.6 Å². The van der Waals surface area contributed by atoms with Crippen LogP contribution in [0.1, 0.15) is 35.0 Å². The van der Waals surface area contributed by atoms with Gasteiger partial charge in [0.05, 0.1) is 18.1 Å². The lowest BCUT2D eigenvalue weighted by atomic mass is 10.1. The standard InChI is InChI=1S/C10H9BrClF2NO2/c1-2-17-10(16)5-3-7(11)15-8(9(13)14)6(5)4-12/h3,9H,2,4H2,1H3. The highest BCUT2D eigenvalue weighted by Crippen LogP contribution is 2.28. The summed E-state index contributed by atoms with van der Waals surface area (Å²) >= 11 is 8.55. The Morgan fingerprint density at radius 1 is 1.65 bits per heavy atom. The number of pyridine rings is 1. The number of esters is 1. The highest BCUT2D eigenvalue weighted by Gasteiger charge is 2.22.